The lowest BCUT2D eigenvalue weighted by molar-refractivity contribution is -0.0530. The molecule has 0 aromatic heterocycles. The van der Waals surface area contributed by atoms with Crippen molar-refractivity contribution in [3.63, 3.8) is 0 Å². The van der Waals surface area contributed by atoms with Crippen molar-refractivity contribution in [1.29, 1.82) is 0 Å². The fraction of sp³-hybridized carbons (Fsp3) is 0.588. The molecular weight excluding hydrogens is 320 g/mol. The number of nitrogens with zero attached hydrogens (tertiary/aromatic N) is 1. The van der Waals surface area contributed by atoms with E-state index in [1.54, 1.807) is 43.9 Å². The number of benzene rings is 1. The van der Waals surface area contributed by atoms with Crippen molar-refractivity contribution in [2.24, 2.45) is 0 Å². The standard InChI is InChI=1S/C17H23F2NO4/c1-17(2,3)24-16(21)20-8-9-22-13(11-20)10-12-6-4-5-7-14(12)23-15(18)19/h4-7,13,15H,8-11H2,1-3H3. The van der Waals surface area contributed by atoms with Gasteiger partial charge in [0.1, 0.15) is 11.4 Å². The van der Waals surface area contributed by atoms with Crippen molar-refractivity contribution in [2.45, 2.75) is 45.5 Å². The summed E-state index contributed by atoms with van der Waals surface area (Å²) in [4.78, 5) is 13.7. The Morgan fingerprint density at radius 2 is 2.08 bits per heavy atom. The maximum Gasteiger partial charge on any atom is 0.410 e. The average molecular weight is 343 g/mol. The number of halogens is 2. The fourth-order valence-corrected chi connectivity index (χ4v) is 2.46. The molecule has 2 rings (SSSR count). The van der Waals surface area contributed by atoms with Crippen molar-refractivity contribution < 1.29 is 27.8 Å². The van der Waals surface area contributed by atoms with E-state index in [-0.39, 0.29) is 11.9 Å². The fourth-order valence-electron chi connectivity index (χ4n) is 2.46. The molecule has 0 N–H and O–H groups in total. The van der Waals surface area contributed by atoms with Crippen LogP contribution in [0, 0.1) is 0 Å². The second kappa shape index (κ2) is 7.79. The maximum atomic E-state index is 12.5. The molecule has 0 bridgehead atoms. The Hall–Kier alpha value is -1.89. The summed E-state index contributed by atoms with van der Waals surface area (Å²) in [5, 5.41) is 0. The topological polar surface area (TPSA) is 48.0 Å². The zero-order chi connectivity index (χ0) is 17.7. The van der Waals surface area contributed by atoms with Gasteiger partial charge in [-0.05, 0) is 32.4 Å². The smallest absolute Gasteiger partial charge is 0.410 e. The number of ether oxygens (including phenoxy) is 3. The van der Waals surface area contributed by atoms with Gasteiger partial charge in [0.25, 0.3) is 0 Å². The van der Waals surface area contributed by atoms with Crippen LogP contribution in [0.5, 0.6) is 5.75 Å². The SMILES string of the molecule is CC(C)(C)OC(=O)N1CCOC(Cc2ccccc2OC(F)F)C1. The van der Waals surface area contributed by atoms with E-state index in [0.29, 0.717) is 31.7 Å². The van der Waals surface area contributed by atoms with Crippen molar-refractivity contribution in [3.8, 4) is 5.75 Å². The first-order valence-corrected chi connectivity index (χ1v) is 7.87. The Labute approximate surface area is 140 Å². The summed E-state index contributed by atoms with van der Waals surface area (Å²) in [5.41, 5.74) is 0.0524. The van der Waals surface area contributed by atoms with Crippen LogP contribution in [0.3, 0.4) is 0 Å². The summed E-state index contributed by atoms with van der Waals surface area (Å²) in [7, 11) is 0. The number of amides is 1. The third-order valence-electron chi connectivity index (χ3n) is 3.43. The minimum absolute atomic E-state index is 0.130. The molecule has 1 aliphatic heterocycles. The van der Waals surface area contributed by atoms with Crippen LogP contribution in [0.1, 0.15) is 26.3 Å². The van der Waals surface area contributed by atoms with Crippen molar-refractivity contribution in [3.05, 3.63) is 29.8 Å². The number of para-hydroxylation sites is 1. The number of hydrogen-bond donors (Lipinski definition) is 0. The number of carbonyl (C=O) groups is 1. The minimum atomic E-state index is -2.88. The van der Waals surface area contributed by atoms with Crippen molar-refractivity contribution in [1.82, 2.24) is 4.90 Å². The zero-order valence-electron chi connectivity index (χ0n) is 14.1. The van der Waals surface area contributed by atoms with Crippen LogP contribution < -0.4 is 4.74 Å². The zero-order valence-corrected chi connectivity index (χ0v) is 14.1. The number of carbonyl (C=O) groups excluding carboxylic acids is 1. The van der Waals surface area contributed by atoms with Crippen molar-refractivity contribution >= 4 is 6.09 Å². The Morgan fingerprint density at radius 1 is 1.38 bits per heavy atom. The lowest BCUT2D eigenvalue weighted by atomic mass is 10.1. The number of morpholine rings is 1. The molecule has 5 nitrogen and oxygen atoms in total. The molecule has 1 aromatic rings. The van der Waals surface area contributed by atoms with Crippen LogP contribution in [0.2, 0.25) is 0 Å². The van der Waals surface area contributed by atoms with E-state index in [1.165, 1.54) is 6.07 Å². The van der Waals surface area contributed by atoms with Gasteiger partial charge in [0.15, 0.2) is 0 Å². The molecule has 7 heteroatoms. The predicted molar refractivity (Wildman–Crippen MR) is 84.3 cm³/mol. The second-order valence-electron chi connectivity index (χ2n) is 6.61. The van der Waals surface area contributed by atoms with Crippen LogP contribution in [-0.2, 0) is 15.9 Å². The first-order valence-electron chi connectivity index (χ1n) is 7.87. The molecule has 1 fully saturated rings. The Kier molecular flexibility index (Phi) is 5.99. The number of alkyl halides is 2. The summed E-state index contributed by atoms with van der Waals surface area (Å²) >= 11 is 0. The Bertz CT molecular complexity index is 560. The summed E-state index contributed by atoms with van der Waals surface area (Å²) in [5.74, 6) is 0.130. The molecule has 1 heterocycles. The third-order valence-corrected chi connectivity index (χ3v) is 3.43. The van der Waals surface area contributed by atoms with Gasteiger partial charge in [-0.2, -0.15) is 8.78 Å². The third kappa shape index (κ3) is 5.63. The summed E-state index contributed by atoms with van der Waals surface area (Å²) in [6.07, 6.45) is -0.316. The highest BCUT2D eigenvalue weighted by atomic mass is 19.3. The van der Waals surface area contributed by atoms with Gasteiger partial charge in [-0.3, -0.25) is 0 Å². The summed E-state index contributed by atoms with van der Waals surface area (Å²) in [6, 6.07) is 6.60. The van der Waals surface area contributed by atoms with Gasteiger partial charge >= 0.3 is 12.7 Å². The van der Waals surface area contributed by atoms with E-state index < -0.39 is 18.3 Å². The lowest BCUT2D eigenvalue weighted by Crippen LogP contribution is -2.48. The Morgan fingerprint density at radius 3 is 2.75 bits per heavy atom. The van der Waals surface area contributed by atoms with Gasteiger partial charge in [-0.1, -0.05) is 18.2 Å². The molecule has 1 amide bonds. The van der Waals surface area contributed by atoms with Gasteiger partial charge in [0.2, 0.25) is 0 Å². The van der Waals surface area contributed by atoms with E-state index in [0.717, 1.165) is 0 Å². The van der Waals surface area contributed by atoms with Crippen LogP contribution in [0.25, 0.3) is 0 Å². The highest BCUT2D eigenvalue weighted by Crippen LogP contribution is 2.24. The van der Waals surface area contributed by atoms with Crippen LogP contribution in [-0.4, -0.2) is 49.0 Å². The number of rotatable bonds is 4. The highest BCUT2D eigenvalue weighted by Gasteiger charge is 2.28. The van der Waals surface area contributed by atoms with E-state index in [2.05, 4.69) is 4.74 Å². The van der Waals surface area contributed by atoms with E-state index in [9.17, 15) is 13.6 Å². The molecule has 0 aliphatic carbocycles. The van der Waals surface area contributed by atoms with Crippen molar-refractivity contribution in [2.75, 3.05) is 19.7 Å². The van der Waals surface area contributed by atoms with Crippen LogP contribution in [0.4, 0.5) is 13.6 Å². The monoisotopic (exact) mass is 343 g/mol. The maximum absolute atomic E-state index is 12.5. The lowest BCUT2D eigenvalue weighted by Gasteiger charge is -2.34. The molecular formula is C17H23F2NO4. The normalized spacial score (nSPS) is 18.6. The van der Waals surface area contributed by atoms with E-state index in [1.807, 2.05) is 0 Å². The van der Waals surface area contributed by atoms with Gasteiger partial charge in [0.05, 0.1) is 19.3 Å². The van der Waals surface area contributed by atoms with E-state index >= 15 is 0 Å². The van der Waals surface area contributed by atoms with E-state index in [4.69, 9.17) is 9.47 Å². The van der Waals surface area contributed by atoms with Gasteiger partial charge in [-0.15, -0.1) is 0 Å². The van der Waals surface area contributed by atoms with Gasteiger partial charge in [0, 0.05) is 13.0 Å². The molecule has 1 saturated heterocycles. The predicted octanol–water partition coefficient (Wildman–Crippen LogP) is 3.47. The molecule has 1 atom stereocenters. The summed E-state index contributed by atoms with van der Waals surface area (Å²) < 4.78 is 40.5. The quantitative estimate of drug-likeness (QED) is 0.840. The molecule has 1 unspecified atom stereocenters. The molecule has 1 aliphatic rings. The first kappa shape index (κ1) is 18.4. The summed E-state index contributed by atoms with van der Waals surface area (Å²) in [6.45, 7) is 3.71. The number of hydrogen-bond acceptors (Lipinski definition) is 4. The van der Waals surface area contributed by atoms with Crippen LogP contribution in [0.15, 0.2) is 24.3 Å². The Balaban J connectivity index is 1.99. The van der Waals surface area contributed by atoms with Gasteiger partial charge < -0.3 is 19.1 Å². The molecule has 0 saturated carbocycles. The molecule has 24 heavy (non-hydrogen) atoms. The first-order chi connectivity index (χ1) is 11.2. The highest BCUT2D eigenvalue weighted by molar-refractivity contribution is 5.68. The molecule has 1 aromatic carbocycles. The molecule has 0 radical (unpaired) electrons. The molecule has 0 spiro atoms. The largest absolute Gasteiger partial charge is 0.444 e. The average Bonchev–Trinajstić information content (AvgIpc) is 2.47. The van der Waals surface area contributed by atoms with Crippen LogP contribution >= 0.6 is 0 Å². The second-order valence-corrected chi connectivity index (χ2v) is 6.61. The minimum Gasteiger partial charge on any atom is -0.444 e. The molecule has 134 valence electrons. The van der Waals surface area contributed by atoms with Gasteiger partial charge in [-0.25, -0.2) is 4.79 Å².